The van der Waals surface area contributed by atoms with Crippen LogP contribution in [-0.2, 0) is 28.6 Å². The molecule has 0 aromatic carbocycles. The van der Waals surface area contributed by atoms with Gasteiger partial charge in [0.15, 0.2) is 6.10 Å². The van der Waals surface area contributed by atoms with Gasteiger partial charge in [0.25, 0.3) is 0 Å². The minimum Gasteiger partial charge on any atom is -0.462 e. The van der Waals surface area contributed by atoms with Crippen molar-refractivity contribution in [2.45, 2.75) is 329 Å². The van der Waals surface area contributed by atoms with Gasteiger partial charge in [0, 0.05) is 12.8 Å². The first-order valence-corrected chi connectivity index (χ1v) is 33.2. The van der Waals surface area contributed by atoms with E-state index in [1.807, 2.05) is 6.08 Å². The van der Waals surface area contributed by atoms with Crippen molar-refractivity contribution in [2.75, 3.05) is 13.2 Å². The highest BCUT2D eigenvalue weighted by Gasteiger charge is 2.19. The number of ether oxygens (including phenoxy) is 3. The molecule has 0 aliphatic heterocycles. The van der Waals surface area contributed by atoms with Crippen LogP contribution in [0.5, 0.6) is 0 Å². The molecular formula is C72H124O6. The zero-order valence-electron chi connectivity index (χ0n) is 51.4. The van der Waals surface area contributed by atoms with E-state index in [4.69, 9.17) is 14.2 Å². The highest BCUT2D eigenvalue weighted by molar-refractivity contribution is 5.72. The van der Waals surface area contributed by atoms with Crippen molar-refractivity contribution in [1.29, 1.82) is 0 Å². The maximum atomic E-state index is 12.9. The minimum absolute atomic E-state index is 0.108. The second-order valence-corrected chi connectivity index (χ2v) is 22.0. The quantitative estimate of drug-likeness (QED) is 0.0261. The van der Waals surface area contributed by atoms with Crippen LogP contribution in [0.3, 0.4) is 0 Å². The predicted octanol–water partition coefficient (Wildman–Crippen LogP) is 22.8. The van der Waals surface area contributed by atoms with E-state index in [0.717, 1.165) is 77.0 Å². The van der Waals surface area contributed by atoms with E-state index in [9.17, 15) is 14.4 Å². The highest BCUT2D eigenvalue weighted by atomic mass is 16.6. The molecule has 0 spiro atoms. The van der Waals surface area contributed by atoms with Gasteiger partial charge in [-0.2, -0.15) is 0 Å². The molecular weight excluding hydrogens is 961 g/mol. The summed E-state index contributed by atoms with van der Waals surface area (Å²) in [5, 5.41) is 0. The molecule has 1 atom stereocenters. The van der Waals surface area contributed by atoms with Crippen LogP contribution in [0.25, 0.3) is 0 Å². The Hall–Kier alpha value is -3.67. The zero-order valence-corrected chi connectivity index (χ0v) is 51.4. The lowest BCUT2D eigenvalue weighted by Crippen LogP contribution is -2.30. The van der Waals surface area contributed by atoms with E-state index in [1.54, 1.807) is 6.08 Å². The normalized spacial score (nSPS) is 12.7. The van der Waals surface area contributed by atoms with Gasteiger partial charge in [-0.1, -0.05) is 298 Å². The Bertz CT molecular complexity index is 1530. The van der Waals surface area contributed by atoms with Gasteiger partial charge in [-0.3, -0.25) is 14.4 Å². The van der Waals surface area contributed by atoms with Crippen molar-refractivity contribution < 1.29 is 28.6 Å². The topological polar surface area (TPSA) is 78.9 Å². The smallest absolute Gasteiger partial charge is 0.309 e. The molecule has 0 saturated carbocycles. The molecule has 0 radical (unpaired) electrons. The molecule has 0 bridgehead atoms. The van der Waals surface area contributed by atoms with Gasteiger partial charge in [0.05, 0.1) is 6.42 Å². The van der Waals surface area contributed by atoms with Gasteiger partial charge in [0.2, 0.25) is 0 Å². The third-order valence-electron chi connectivity index (χ3n) is 14.3. The van der Waals surface area contributed by atoms with Crippen LogP contribution in [-0.4, -0.2) is 37.2 Å². The molecule has 0 aromatic rings. The largest absolute Gasteiger partial charge is 0.462 e. The van der Waals surface area contributed by atoms with Crippen LogP contribution < -0.4 is 0 Å². The maximum absolute atomic E-state index is 12.9. The summed E-state index contributed by atoms with van der Waals surface area (Å²) in [7, 11) is 0. The molecule has 448 valence electrons. The monoisotopic (exact) mass is 1080 g/mol. The van der Waals surface area contributed by atoms with Crippen LogP contribution in [0, 0.1) is 0 Å². The Morgan fingerprint density at radius 1 is 0.282 bits per heavy atom. The molecule has 6 nitrogen and oxygen atoms in total. The van der Waals surface area contributed by atoms with Crippen molar-refractivity contribution in [3.63, 3.8) is 0 Å². The molecule has 0 saturated heterocycles. The molecule has 1 unspecified atom stereocenters. The molecule has 78 heavy (non-hydrogen) atoms. The summed E-state index contributed by atoms with van der Waals surface area (Å²) in [6.45, 7) is 6.45. The lowest BCUT2D eigenvalue weighted by atomic mass is 10.0. The highest BCUT2D eigenvalue weighted by Crippen LogP contribution is 2.16. The van der Waals surface area contributed by atoms with Crippen LogP contribution in [0.2, 0.25) is 0 Å². The van der Waals surface area contributed by atoms with E-state index in [1.165, 1.54) is 205 Å². The van der Waals surface area contributed by atoms with Crippen LogP contribution in [0.4, 0.5) is 0 Å². The van der Waals surface area contributed by atoms with Gasteiger partial charge >= 0.3 is 17.9 Å². The molecule has 0 aliphatic carbocycles. The van der Waals surface area contributed by atoms with Crippen LogP contribution in [0.1, 0.15) is 323 Å². The number of hydrogen-bond acceptors (Lipinski definition) is 6. The summed E-state index contributed by atoms with van der Waals surface area (Å²) in [6, 6.07) is 0. The summed E-state index contributed by atoms with van der Waals surface area (Å²) < 4.78 is 16.8. The standard InChI is InChI=1S/C72H124O6/c1-4-7-10-13-16-19-22-25-28-30-32-33-34-35-36-37-38-39-40-42-44-47-50-53-56-59-62-65-71(74)77-68-69(67-76-70(73)64-61-58-55-52-49-46-43-27-24-21-18-15-12-9-6-3)78-72(75)66-63-60-57-54-51-48-45-41-31-29-26-23-20-17-14-11-8-5-2/h9,12,18,21-22,25,27,29-32,43,49,52,58,61,69H,4-8,10-11,13-17,19-20,23-24,26,28,33-42,44-48,50-51,53-57,59-60,62-68H2,1-3H3/b12-9-,21-18-,25-22-,31-29-,32-30-,43-27-,52-49-,61-58-. The summed E-state index contributed by atoms with van der Waals surface area (Å²) in [5.41, 5.74) is 0. The molecule has 0 heterocycles. The molecule has 0 aromatic heterocycles. The molecule has 6 heteroatoms. The Morgan fingerprint density at radius 2 is 0.551 bits per heavy atom. The fraction of sp³-hybridized carbons (Fsp3) is 0.736. The predicted molar refractivity (Wildman–Crippen MR) is 339 cm³/mol. The van der Waals surface area contributed by atoms with Crippen molar-refractivity contribution in [1.82, 2.24) is 0 Å². The van der Waals surface area contributed by atoms with E-state index in [0.29, 0.717) is 12.8 Å². The Balaban J connectivity index is 4.35. The number of unbranched alkanes of at least 4 members (excludes halogenated alkanes) is 34. The van der Waals surface area contributed by atoms with Crippen molar-refractivity contribution in [2.24, 2.45) is 0 Å². The number of carbonyl (C=O) groups excluding carboxylic acids is 3. The van der Waals surface area contributed by atoms with Gasteiger partial charge in [-0.05, 0) is 103 Å². The number of carbonyl (C=O) groups is 3. The number of hydrogen-bond donors (Lipinski definition) is 0. The van der Waals surface area contributed by atoms with Crippen LogP contribution >= 0.6 is 0 Å². The molecule has 0 fully saturated rings. The average Bonchev–Trinajstić information content (AvgIpc) is 3.44. The fourth-order valence-electron chi connectivity index (χ4n) is 9.37. The van der Waals surface area contributed by atoms with Gasteiger partial charge < -0.3 is 14.2 Å². The second kappa shape index (κ2) is 65.8. The third kappa shape index (κ3) is 63.2. The SMILES string of the molecule is CC/C=C\C/C=C\C/C=C\C/C=C\C/C=C\CC(=O)OCC(COC(=O)CCCCCCCCCCCCCCCCC/C=C\C/C=C\CCCCCCC)OC(=O)CCCCCCCCC/C=C\CCCCCCCCC. The molecule has 0 amide bonds. The van der Waals surface area contributed by atoms with E-state index in [-0.39, 0.29) is 31.6 Å². The summed E-state index contributed by atoms with van der Waals surface area (Å²) in [5.74, 6) is -1.04. The second-order valence-electron chi connectivity index (χ2n) is 22.0. The molecule has 0 rings (SSSR count). The van der Waals surface area contributed by atoms with Crippen molar-refractivity contribution in [3.05, 3.63) is 97.2 Å². The van der Waals surface area contributed by atoms with Gasteiger partial charge in [-0.25, -0.2) is 0 Å². The molecule has 0 aliphatic rings. The minimum atomic E-state index is -0.821. The van der Waals surface area contributed by atoms with E-state index < -0.39 is 12.1 Å². The third-order valence-corrected chi connectivity index (χ3v) is 14.3. The Morgan fingerprint density at radius 3 is 0.910 bits per heavy atom. The summed E-state index contributed by atoms with van der Waals surface area (Å²) in [6.07, 6.45) is 88.8. The van der Waals surface area contributed by atoms with E-state index >= 15 is 0 Å². The first-order chi connectivity index (χ1) is 38.5. The number of esters is 3. The first kappa shape index (κ1) is 74.3. The lowest BCUT2D eigenvalue weighted by molar-refractivity contribution is -0.166. The van der Waals surface area contributed by atoms with Gasteiger partial charge in [0.1, 0.15) is 13.2 Å². The first-order valence-electron chi connectivity index (χ1n) is 33.2. The fourth-order valence-corrected chi connectivity index (χ4v) is 9.37. The Labute approximate surface area is 483 Å². The number of rotatable bonds is 60. The zero-order chi connectivity index (χ0) is 56.4. The van der Waals surface area contributed by atoms with Crippen molar-refractivity contribution >= 4 is 17.9 Å². The molecule has 0 N–H and O–H groups in total. The van der Waals surface area contributed by atoms with E-state index in [2.05, 4.69) is 106 Å². The van der Waals surface area contributed by atoms with Gasteiger partial charge in [-0.15, -0.1) is 0 Å². The van der Waals surface area contributed by atoms with Crippen molar-refractivity contribution in [3.8, 4) is 0 Å². The maximum Gasteiger partial charge on any atom is 0.309 e. The van der Waals surface area contributed by atoms with Crippen LogP contribution in [0.15, 0.2) is 97.2 Å². The lowest BCUT2D eigenvalue weighted by Gasteiger charge is -2.18. The average molecular weight is 1090 g/mol. The Kier molecular flexibility index (Phi) is 62.7. The number of allylic oxidation sites excluding steroid dienone is 15. The summed E-state index contributed by atoms with van der Waals surface area (Å²) in [4.78, 5) is 38.3. The summed E-state index contributed by atoms with van der Waals surface area (Å²) >= 11 is 0.